The Kier molecular flexibility index (Phi) is 7.13. The molecule has 0 bridgehead atoms. The third-order valence-electron chi connectivity index (χ3n) is 9.67. The van der Waals surface area contributed by atoms with Crippen LogP contribution in [0.5, 0.6) is 0 Å². The maximum atomic E-state index is 17.4. The van der Waals surface area contributed by atoms with Crippen molar-refractivity contribution < 1.29 is 47.9 Å². The third-order valence-corrected chi connectivity index (χ3v) is 9.67. The summed E-state index contributed by atoms with van der Waals surface area (Å²) < 4.78 is 49.7. The largest absolute Gasteiger partial charge is 0.411 e. The van der Waals surface area contributed by atoms with Gasteiger partial charge in [-0.3, -0.25) is 14.3 Å². The molecule has 0 unspecified atom stereocenters. The zero-order valence-electron chi connectivity index (χ0n) is 22.0. The van der Waals surface area contributed by atoms with Gasteiger partial charge in [0.1, 0.15) is 18.4 Å². The summed E-state index contributed by atoms with van der Waals surface area (Å²) in [6.07, 6.45) is -2.67. The first-order valence-electron chi connectivity index (χ1n) is 13.0. The van der Waals surface area contributed by atoms with Gasteiger partial charge in [-0.1, -0.05) is 19.9 Å². The van der Waals surface area contributed by atoms with Crippen molar-refractivity contribution in [1.82, 2.24) is 0 Å². The minimum absolute atomic E-state index is 0.00321. The van der Waals surface area contributed by atoms with Crippen LogP contribution >= 0.6 is 0 Å². The number of Topliss-reactive ketones (excluding diaryl/α,β-unsaturated/α-hetero) is 1. The summed E-state index contributed by atoms with van der Waals surface area (Å²) in [4.78, 5) is 25.5. The molecule has 0 aromatic rings. The van der Waals surface area contributed by atoms with Crippen LogP contribution in [-0.2, 0) is 23.8 Å². The first-order valence-corrected chi connectivity index (χ1v) is 13.0. The second-order valence-electron chi connectivity index (χ2n) is 11.3. The lowest BCUT2D eigenvalue weighted by Gasteiger charge is -2.63. The average molecular weight is 529 g/mol. The van der Waals surface area contributed by atoms with Gasteiger partial charge in [-0.25, -0.2) is 8.78 Å². The first-order chi connectivity index (χ1) is 17.2. The van der Waals surface area contributed by atoms with Crippen molar-refractivity contribution in [1.29, 1.82) is 0 Å². The first kappa shape index (κ1) is 28.4. The monoisotopic (exact) mass is 528 g/mol. The molecule has 37 heavy (non-hydrogen) atoms. The Morgan fingerprint density at radius 1 is 1.19 bits per heavy atom. The zero-order valence-corrected chi connectivity index (χ0v) is 22.0. The van der Waals surface area contributed by atoms with Crippen LogP contribution in [0.2, 0.25) is 0 Å². The Morgan fingerprint density at radius 3 is 2.38 bits per heavy atom. The molecule has 10 heteroatoms. The lowest BCUT2D eigenvalue weighted by molar-refractivity contribution is -0.511. The molecule has 0 radical (unpaired) electrons. The Bertz CT molecular complexity index is 1010. The molecule has 8 nitrogen and oxygen atoms in total. The normalized spacial score (nSPS) is 45.2. The van der Waals surface area contributed by atoms with Crippen LogP contribution in [-0.4, -0.2) is 76.4 Å². The maximum absolute atomic E-state index is 17.4. The van der Waals surface area contributed by atoms with Gasteiger partial charge in [0.05, 0.1) is 19.3 Å². The van der Waals surface area contributed by atoms with Crippen molar-refractivity contribution in [3.63, 3.8) is 0 Å². The minimum Gasteiger partial charge on any atom is -0.390 e. The van der Waals surface area contributed by atoms with Crippen LogP contribution in [0, 0.1) is 28.6 Å². The number of ketones is 2. The fraction of sp³-hybridized carbons (Fsp3) is 0.778. The van der Waals surface area contributed by atoms with Crippen LogP contribution < -0.4 is 0 Å². The summed E-state index contributed by atoms with van der Waals surface area (Å²) in [7, 11) is 0. The summed E-state index contributed by atoms with van der Waals surface area (Å²) >= 11 is 0. The van der Waals surface area contributed by atoms with E-state index < -0.39 is 76.5 Å². The summed E-state index contributed by atoms with van der Waals surface area (Å²) in [6, 6.07) is 0. The van der Waals surface area contributed by atoms with Crippen molar-refractivity contribution in [2.75, 3.05) is 19.8 Å². The topological polar surface area (TPSA) is 123 Å². The molecule has 0 aromatic carbocycles. The number of hydrogen-bond acceptors (Lipinski definition) is 8. The Morgan fingerprint density at radius 2 is 1.81 bits per heavy atom. The summed E-state index contributed by atoms with van der Waals surface area (Å²) in [5.74, 6) is -3.63. The van der Waals surface area contributed by atoms with Gasteiger partial charge in [0.15, 0.2) is 17.2 Å². The molecular formula is C27H38F2O8. The van der Waals surface area contributed by atoms with Gasteiger partial charge in [0, 0.05) is 16.7 Å². The fourth-order valence-electron chi connectivity index (χ4n) is 8.18. The Balaban J connectivity index is 1.87. The van der Waals surface area contributed by atoms with Crippen molar-refractivity contribution >= 4 is 11.6 Å². The maximum Gasteiger partial charge on any atom is 0.411 e. The zero-order chi connectivity index (χ0) is 27.6. The Labute approximate surface area is 215 Å². The van der Waals surface area contributed by atoms with E-state index in [1.165, 1.54) is 19.1 Å². The van der Waals surface area contributed by atoms with E-state index in [0.29, 0.717) is 0 Å². The predicted molar refractivity (Wildman–Crippen MR) is 127 cm³/mol. The SMILES string of the molecule is CCOC(O)(OCC)O[C@]1(C(=O)CO)[C@H](C)C[C@H]2[C@@H]3C[C@H](F)C4=CC(=O)C=C[C@]4(C)[C@@]3(F)[C@@H](O)C[C@@]21C. The van der Waals surface area contributed by atoms with Crippen LogP contribution in [0.3, 0.4) is 0 Å². The molecule has 0 aliphatic heterocycles. The molecule has 9 atom stereocenters. The highest BCUT2D eigenvalue weighted by Gasteiger charge is 2.78. The summed E-state index contributed by atoms with van der Waals surface area (Å²) in [5.41, 5.74) is -7.17. The molecule has 3 fully saturated rings. The molecule has 4 aliphatic rings. The molecule has 4 rings (SSSR count). The van der Waals surface area contributed by atoms with Gasteiger partial charge in [-0.2, -0.15) is 0 Å². The molecule has 0 saturated heterocycles. The van der Waals surface area contributed by atoms with Gasteiger partial charge in [0.2, 0.25) is 0 Å². The quantitative estimate of drug-likeness (QED) is 0.411. The van der Waals surface area contributed by atoms with Crippen molar-refractivity contribution in [2.45, 2.75) is 83.6 Å². The molecule has 208 valence electrons. The standard InChI is InChI=1S/C27H38F2O8/c1-6-35-27(34,36-7-2)37-26(22(33)14-30)15(3)10-17-18-12-20(28)19-11-16(31)8-9-23(19,4)25(18,29)21(32)13-24(17,26)5/h8-9,11,15,17-18,20-21,30,32,34H,6-7,10,12-14H2,1-5H3/t15-,17+,18+,20+,21+,23+,24+,25+,26+/m1/s1. The minimum atomic E-state index is -2.64. The fourth-order valence-corrected chi connectivity index (χ4v) is 8.18. The van der Waals surface area contributed by atoms with Crippen LogP contribution in [0.1, 0.15) is 53.9 Å². The number of rotatable bonds is 8. The van der Waals surface area contributed by atoms with E-state index in [-0.39, 0.29) is 38.0 Å². The predicted octanol–water partition coefficient (Wildman–Crippen LogP) is 2.54. The molecule has 3 saturated carbocycles. The third kappa shape index (κ3) is 3.67. The smallest absolute Gasteiger partial charge is 0.390 e. The van der Waals surface area contributed by atoms with E-state index in [1.807, 2.05) is 0 Å². The Hall–Kier alpha value is -1.56. The highest BCUT2D eigenvalue weighted by Crippen LogP contribution is 2.72. The average Bonchev–Trinajstić information content (AvgIpc) is 3.04. The number of allylic oxidation sites excluding steroid dienone is 4. The van der Waals surface area contributed by atoms with E-state index in [0.717, 1.165) is 6.08 Å². The highest BCUT2D eigenvalue weighted by atomic mass is 19.1. The number of aliphatic hydroxyl groups is 3. The number of fused-ring (bicyclic) bond motifs is 5. The van der Waals surface area contributed by atoms with Gasteiger partial charge in [0.25, 0.3) is 0 Å². The summed E-state index contributed by atoms with van der Waals surface area (Å²) in [5, 5.41) is 32.6. The molecule has 3 N–H and O–H groups in total. The van der Waals surface area contributed by atoms with Crippen molar-refractivity contribution in [3.8, 4) is 0 Å². The van der Waals surface area contributed by atoms with Crippen LogP contribution in [0.4, 0.5) is 8.78 Å². The van der Waals surface area contributed by atoms with Gasteiger partial charge in [-0.15, -0.1) is 0 Å². The molecule has 0 amide bonds. The van der Waals surface area contributed by atoms with Gasteiger partial charge in [-0.05, 0) is 69.6 Å². The molecular weight excluding hydrogens is 490 g/mol. The van der Waals surface area contributed by atoms with Gasteiger partial charge >= 0.3 is 6.16 Å². The molecule has 0 aromatic heterocycles. The number of carbonyl (C=O) groups excluding carboxylic acids is 2. The van der Waals surface area contributed by atoms with Crippen LogP contribution in [0.15, 0.2) is 23.8 Å². The molecule has 4 aliphatic carbocycles. The van der Waals surface area contributed by atoms with Gasteiger partial charge < -0.3 is 24.8 Å². The van der Waals surface area contributed by atoms with Crippen molar-refractivity contribution in [2.24, 2.45) is 28.6 Å². The molecule has 0 spiro atoms. The highest BCUT2D eigenvalue weighted by molar-refractivity contribution is 6.01. The second-order valence-corrected chi connectivity index (χ2v) is 11.3. The van der Waals surface area contributed by atoms with E-state index in [2.05, 4.69) is 0 Å². The number of carbonyl (C=O) groups is 2. The van der Waals surface area contributed by atoms with E-state index in [9.17, 15) is 24.9 Å². The van der Waals surface area contributed by atoms with Crippen molar-refractivity contribution in [3.05, 3.63) is 23.8 Å². The lowest BCUT2D eigenvalue weighted by atomic mass is 9.44. The number of hydrogen-bond donors (Lipinski definition) is 3. The van der Waals surface area contributed by atoms with E-state index >= 15 is 8.78 Å². The number of ether oxygens (including phenoxy) is 3. The lowest BCUT2D eigenvalue weighted by Crippen LogP contribution is -2.71. The second kappa shape index (κ2) is 9.27. The van der Waals surface area contributed by atoms with Crippen LogP contribution in [0.25, 0.3) is 0 Å². The molecule has 0 heterocycles. The van der Waals surface area contributed by atoms with E-state index in [4.69, 9.17) is 14.2 Å². The van der Waals surface area contributed by atoms with E-state index in [1.54, 1.807) is 27.7 Å². The number of aliphatic hydroxyl groups excluding tert-OH is 2. The summed E-state index contributed by atoms with van der Waals surface area (Å²) in [6.45, 7) is 7.01. The number of halogens is 2. The number of alkyl halides is 2.